The molecular formula is C13H15NO2. The quantitative estimate of drug-likeness (QED) is 0.688. The van der Waals surface area contributed by atoms with Crippen LogP contribution in [0.1, 0.15) is 37.0 Å². The molecule has 0 aliphatic heterocycles. The maximum absolute atomic E-state index is 12.1. The minimum atomic E-state index is -0.369. The van der Waals surface area contributed by atoms with E-state index in [0.29, 0.717) is 11.5 Å². The van der Waals surface area contributed by atoms with Crippen molar-refractivity contribution >= 4 is 16.9 Å². The number of aromatic nitrogens is 1. The summed E-state index contributed by atoms with van der Waals surface area (Å²) in [6.07, 6.45) is 0. The van der Waals surface area contributed by atoms with E-state index in [9.17, 15) is 4.79 Å². The van der Waals surface area contributed by atoms with E-state index in [2.05, 4.69) is 4.98 Å². The van der Waals surface area contributed by atoms with E-state index in [1.807, 2.05) is 20.8 Å². The van der Waals surface area contributed by atoms with Gasteiger partial charge < -0.3 is 4.42 Å². The summed E-state index contributed by atoms with van der Waals surface area (Å²) in [6.45, 7) is 7.53. The topological polar surface area (TPSA) is 43.1 Å². The zero-order chi connectivity index (χ0) is 11.9. The second-order valence-corrected chi connectivity index (χ2v) is 4.99. The third-order valence-corrected chi connectivity index (χ3v) is 2.44. The van der Waals surface area contributed by atoms with E-state index < -0.39 is 0 Å². The molecule has 0 unspecified atom stereocenters. The van der Waals surface area contributed by atoms with E-state index in [0.717, 1.165) is 11.1 Å². The number of benzene rings is 1. The number of nitrogens with zero attached hydrogens (tertiary/aromatic N) is 1. The summed E-state index contributed by atoms with van der Waals surface area (Å²) < 4.78 is 5.37. The predicted octanol–water partition coefficient (Wildman–Crippen LogP) is 3.37. The summed E-state index contributed by atoms with van der Waals surface area (Å²) in [5, 5.41) is 0. The first-order valence-electron chi connectivity index (χ1n) is 5.30. The van der Waals surface area contributed by atoms with Gasteiger partial charge in [0.2, 0.25) is 0 Å². The van der Waals surface area contributed by atoms with Gasteiger partial charge in [0.15, 0.2) is 17.3 Å². The monoisotopic (exact) mass is 217 g/mol. The van der Waals surface area contributed by atoms with Crippen LogP contribution in [0.25, 0.3) is 11.1 Å². The molecule has 0 amide bonds. The van der Waals surface area contributed by atoms with E-state index >= 15 is 0 Å². The molecule has 1 aromatic heterocycles. The molecule has 2 aromatic rings. The first kappa shape index (κ1) is 10.9. The fourth-order valence-electron chi connectivity index (χ4n) is 1.62. The lowest BCUT2D eigenvalue weighted by atomic mass is 9.86. The zero-order valence-corrected chi connectivity index (χ0v) is 10.00. The van der Waals surface area contributed by atoms with Crippen molar-refractivity contribution in [2.75, 3.05) is 0 Å². The van der Waals surface area contributed by atoms with Gasteiger partial charge in [0.25, 0.3) is 0 Å². The number of Topliss-reactive ketones (excluding diaryl/α,β-unsaturated/α-hetero) is 1. The third kappa shape index (κ3) is 1.85. The first-order chi connectivity index (χ1) is 7.38. The molecule has 0 bridgehead atoms. The molecule has 16 heavy (non-hydrogen) atoms. The predicted molar refractivity (Wildman–Crippen MR) is 62.5 cm³/mol. The van der Waals surface area contributed by atoms with Crippen molar-refractivity contribution in [2.45, 2.75) is 27.7 Å². The number of oxazole rings is 1. The highest BCUT2D eigenvalue weighted by atomic mass is 16.3. The molecule has 2 rings (SSSR count). The molecule has 0 radical (unpaired) electrons. The van der Waals surface area contributed by atoms with Crippen molar-refractivity contribution in [3.8, 4) is 0 Å². The number of fused-ring (bicyclic) bond motifs is 1. The minimum absolute atomic E-state index is 0.120. The normalized spacial score (nSPS) is 12.0. The molecule has 1 aromatic carbocycles. The zero-order valence-electron chi connectivity index (χ0n) is 10.00. The summed E-state index contributed by atoms with van der Waals surface area (Å²) in [7, 11) is 0. The van der Waals surface area contributed by atoms with Crippen LogP contribution in [0.2, 0.25) is 0 Å². The Morgan fingerprint density at radius 2 is 2.00 bits per heavy atom. The number of aryl methyl sites for hydroxylation is 1. The minimum Gasteiger partial charge on any atom is -0.441 e. The molecule has 0 atom stereocenters. The van der Waals surface area contributed by atoms with Crippen LogP contribution in [0.15, 0.2) is 22.6 Å². The highest BCUT2D eigenvalue weighted by molar-refractivity contribution is 6.01. The van der Waals surface area contributed by atoms with E-state index in [-0.39, 0.29) is 11.2 Å². The molecule has 3 nitrogen and oxygen atoms in total. The largest absolute Gasteiger partial charge is 0.441 e. The molecule has 0 saturated carbocycles. The molecule has 0 saturated heterocycles. The van der Waals surface area contributed by atoms with Crippen LogP contribution in [-0.4, -0.2) is 10.8 Å². The van der Waals surface area contributed by atoms with Crippen molar-refractivity contribution in [1.82, 2.24) is 4.98 Å². The van der Waals surface area contributed by atoms with Crippen molar-refractivity contribution < 1.29 is 9.21 Å². The Morgan fingerprint density at radius 1 is 1.31 bits per heavy atom. The van der Waals surface area contributed by atoms with Crippen molar-refractivity contribution in [1.29, 1.82) is 0 Å². The number of carbonyl (C=O) groups is 1. The molecule has 0 fully saturated rings. The lowest BCUT2D eigenvalue weighted by Gasteiger charge is -2.16. The number of hydrogen-bond donors (Lipinski definition) is 0. The summed E-state index contributed by atoms with van der Waals surface area (Å²) in [4.78, 5) is 16.3. The second-order valence-electron chi connectivity index (χ2n) is 4.99. The van der Waals surface area contributed by atoms with Crippen molar-refractivity contribution in [2.24, 2.45) is 5.41 Å². The Hall–Kier alpha value is -1.64. The average Bonchev–Trinajstić information content (AvgIpc) is 2.54. The van der Waals surface area contributed by atoms with Gasteiger partial charge in [-0.15, -0.1) is 0 Å². The molecule has 0 N–H and O–H groups in total. The summed E-state index contributed by atoms with van der Waals surface area (Å²) in [5.74, 6) is 0.741. The van der Waals surface area contributed by atoms with Gasteiger partial charge in [0.05, 0.1) is 0 Å². The fourth-order valence-corrected chi connectivity index (χ4v) is 1.62. The number of carbonyl (C=O) groups excluding carboxylic acids is 1. The van der Waals surface area contributed by atoms with Gasteiger partial charge in [0.1, 0.15) is 5.52 Å². The van der Waals surface area contributed by atoms with Crippen LogP contribution in [0.4, 0.5) is 0 Å². The second kappa shape index (κ2) is 3.44. The van der Waals surface area contributed by atoms with Gasteiger partial charge in [-0.25, -0.2) is 4.98 Å². The lowest BCUT2D eigenvalue weighted by Crippen LogP contribution is -2.19. The van der Waals surface area contributed by atoms with Crippen LogP contribution in [0.3, 0.4) is 0 Å². The Balaban J connectivity index is 2.51. The third-order valence-electron chi connectivity index (χ3n) is 2.44. The van der Waals surface area contributed by atoms with Gasteiger partial charge in [-0.05, 0) is 18.2 Å². The van der Waals surface area contributed by atoms with Crippen molar-refractivity contribution in [3.05, 3.63) is 29.7 Å². The van der Waals surface area contributed by atoms with E-state index in [1.54, 1.807) is 25.1 Å². The maximum Gasteiger partial charge on any atom is 0.192 e. The van der Waals surface area contributed by atoms with Crippen LogP contribution < -0.4 is 0 Å². The number of rotatable bonds is 1. The van der Waals surface area contributed by atoms with Gasteiger partial charge in [-0.1, -0.05) is 20.8 Å². The van der Waals surface area contributed by atoms with E-state index in [4.69, 9.17) is 4.42 Å². The molecule has 0 spiro atoms. The smallest absolute Gasteiger partial charge is 0.192 e. The van der Waals surface area contributed by atoms with Gasteiger partial charge in [-0.3, -0.25) is 4.79 Å². The van der Waals surface area contributed by atoms with Gasteiger partial charge >= 0.3 is 0 Å². The fraction of sp³-hybridized carbons (Fsp3) is 0.385. The highest BCUT2D eigenvalue weighted by Crippen LogP contribution is 2.23. The Morgan fingerprint density at radius 3 is 2.62 bits per heavy atom. The number of ketones is 1. The van der Waals surface area contributed by atoms with Crippen LogP contribution in [-0.2, 0) is 0 Å². The van der Waals surface area contributed by atoms with Gasteiger partial charge in [-0.2, -0.15) is 0 Å². The molecule has 0 aliphatic carbocycles. The van der Waals surface area contributed by atoms with Crippen LogP contribution in [0, 0.1) is 12.3 Å². The van der Waals surface area contributed by atoms with E-state index in [1.165, 1.54) is 0 Å². The van der Waals surface area contributed by atoms with Crippen LogP contribution >= 0.6 is 0 Å². The molecular weight excluding hydrogens is 202 g/mol. The highest BCUT2D eigenvalue weighted by Gasteiger charge is 2.23. The summed E-state index contributed by atoms with van der Waals surface area (Å²) >= 11 is 0. The molecule has 0 aliphatic rings. The number of hydrogen-bond acceptors (Lipinski definition) is 3. The van der Waals surface area contributed by atoms with Gasteiger partial charge in [0, 0.05) is 17.9 Å². The molecule has 3 heteroatoms. The summed E-state index contributed by atoms with van der Waals surface area (Å²) in [6, 6.07) is 5.38. The average molecular weight is 217 g/mol. The van der Waals surface area contributed by atoms with Crippen molar-refractivity contribution in [3.63, 3.8) is 0 Å². The maximum atomic E-state index is 12.1. The molecule has 84 valence electrons. The summed E-state index contributed by atoms with van der Waals surface area (Å²) in [5.41, 5.74) is 1.79. The standard InChI is InChI=1S/C13H15NO2/c1-8-14-10-7-9(5-6-11(10)16-8)12(15)13(2,3)4/h5-7H,1-4H3. The SMILES string of the molecule is Cc1nc2cc(C(=O)C(C)(C)C)ccc2o1. The first-order valence-corrected chi connectivity index (χ1v) is 5.30. The van der Waals surface area contributed by atoms with Crippen LogP contribution in [0.5, 0.6) is 0 Å². The lowest BCUT2D eigenvalue weighted by molar-refractivity contribution is 0.0858. The Labute approximate surface area is 94.5 Å². The molecule has 1 heterocycles. The Kier molecular flexibility index (Phi) is 2.34. The Bertz CT molecular complexity index is 547.